The molecule has 0 amide bonds. The Morgan fingerprint density at radius 3 is 1.17 bits per heavy atom. The molecule has 0 aliphatic carbocycles. The molecule has 4 rings (SSSR count). The number of benzene rings is 3. The first-order valence-corrected chi connectivity index (χ1v) is 7.29. The quantitative estimate of drug-likeness (QED) is 0.410. The van der Waals surface area contributed by atoms with Gasteiger partial charge in [0.25, 0.3) is 0 Å². The van der Waals surface area contributed by atoms with Crippen LogP contribution in [0.25, 0.3) is 33.5 Å². The van der Waals surface area contributed by atoms with Crippen LogP contribution in [0.5, 0.6) is 0 Å². The molecule has 0 aliphatic heterocycles. The van der Waals surface area contributed by atoms with E-state index in [1.54, 1.807) is 0 Å². The third-order valence-corrected chi connectivity index (χ3v) is 3.66. The van der Waals surface area contributed by atoms with Crippen LogP contribution in [0.2, 0.25) is 0 Å². The first-order valence-electron chi connectivity index (χ1n) is 7.29. The largest absolute Gasteiger partial charge is 0.244 e. The van der Waals surface area contributed by atoms with Gasteiger partial charge in [0, 0.05) is 31.2 Å². The molecule has 2 nitrogen and oxygen atoms in total. The number of hydrogen-bond acceptors (Lipinski definition) is 2. The zero-order chi connectivity index (χ0) is 14.8. The smallest absolute Gasteiger partial charge is 0.0973 e. The summed E-state index contributed by atoms with van der Waals surface area (Å²) in [7, 11) is 0. The normalized spacial score (nSPS) is 10.3. The van der Waals surface area contributed by atoms with Crippen molar-refractivity contribution in [1.29, 1.82) is 0 Å². The van der Waals surface area contributed by atoms with Crippen LogP contribution in [0.3, 0.4) is 0 Å². The fourth-order valence-electron chi connectivity index (χ4n) is 2.59. The number of nitrogens with zero attached hydrogens (tertiary/aromatic N) is 2. The van der Waals surface area contributed by atoms with E-state index in [9.17, 15) is 0 Å². The Hall–Kier alpha value is -2.35. The summed E-state index contributed by atoms with van der Waals surface area (Å²) >= 11 is 0. The second-order valence-corrected chi connectivity index (χ2v) is 5.14. The molecular weight excluding hydrogens is 460 g/mol. The van der Waals surface area contributed by atoms with E-state index in [1.165, 1.54) is 0 Å². The molecule has 0 N–H and O–H groups in total. The molecule has 0 fully saturated rings. The molecule has 0 bridgehead atoms. The summed E-state index contributed by atoms with van der Waals surface area (Å²) in [5.74, 6) is 0. The Labute approximate surface area is 148 Å². The zero-order valence-electron chi connectivity index (χ0n) is 12.3. The molecule has 0 aliphatic rings. The van der Waals surface area contributed by atoms with Gasteiger partial charge in [-0.05, 0) is 12.1 Å². The fourth-order valence-corrected chi connectivity index (χ4v) is 2.59. The van der Waals surface area contributed by atoms with Gasteiger partial charge in [-0.15, -0.1) is 0 Å². The molecule has 0 atom stereocenters. The molecule has 1 heterocycles. The van der Waals surface area contributed by atoms with Gasteiger partial charge in [-0.1, -0.05) is 72.8 Å². The fraction of sp³-hybridized carbons (Fsp3) is 0. The van der Waals surface area contributed by atoms with Crippen LogP contribution in [0.1, 0.15) is 0 Å². The van der Waals surface area contributed by atoms with Gasteiger partial charge in [-0.25, -0.2) is 9.97 Å². The molecular formula is C20H14IrN2. The summed E-state index contributed by atoms with van der Waals surface area (Å²) in [5.41, 5.74) is 5.84. The summed E-state index contributed by atoms with van der Waals surface area (Å²) in [6.45, 7) is 0. The first-order chi connectivity index (χ1) is 10.9. The van der Waals surface area contributed by atoms with E-state index in [0.717, 1.165) is 33.5 Å². The molecule has 0 saturated heterocycles. The first kappa shape index (κ1) is 15.5. The van der Waals surface area contributed by atoms with Crippen LogP contribution in [-0.4, -0.2) is 9.97 Å². The number of aromatic nitrogens is 2. The second kappa shape index (κ2) is 6.82. The molecule has 0 saturated carbocycles. The zero-order valence-corrected chi connectivity index (χ0v) is 14.7. The molecule has 1 aromatic heterocycles. The number of para-hydroxylation sites is 2. The van der Waals surface area contributed by atoms with Crippen LogP contribution >= 0.6 is 0 Å². The van der Waals surface area contributed by atoms with Gasteiger partial charge >= 0.3 is 0 Å². The van der Waals surface area contributed by atoms with Gasteiger partial charge in [0.05, 0.1) is 22.4 Å². The van der Waals surface area contributed by atoms with Gasteiger partial charge < -0.3 is 0 Å². The predicted molar refractivity (Wildman–Crippen MR) is 90.4 cm³/mol. The monoisotopic (exact) mass is 475 g/mol. The van der Waals surface area contributed by atoms with E-state index in [-0.39, 0.29) is 20.1 Å². The Kier molecular flexibility index (Phi) is 4.61. The summed E-state index contributed by atoms with van der Waals surface area (Å²) in [5, 5.41) is 0. The molecule has 1 radical (unpaired) electrons. The van der Waals surface area contributed by atoms with Crippen molar-refractivity contribution >= 4 is 11.0 Å². The van der Waals surface area contributed by atoms with Crippen molar-refractivity contribution in [2.75, 3.05) is 0 Å². The van der Waals surface area contributed by atoms with Crippen LogP contribution in [0, 0.1) is 0 Å². The average Bonchev–Trinajstić information content (AvgIpc) is 2.62. The second-order valence-electron chi connectivity index (χ2n) is 5.14. The van der Waals surface area contributed by atoms with Crippen molar-refractivity contribution in [3.05, 3.63) is 84.9 Å². The molecule has 3 aromatic carbocycles. The van der Waals surface area contributed by atoms with Crippen molar-refractivity contribution in [1.82, 2.24) is 9.97 Å². The topological polar surface area (TPSA) is 25.8 Å². The minimum atomic E-state index is 0. The summed E-state index contributed by atoms with van der Waals surface area (Å²) in [6, 6.07) is 28.4. The van der Waals surface area contributed by atoms with E-state index >= 15 is 0 Å². The minimum Gasteiger partial charge on any atom is -0.244 e. The standard InChI is InChI=1S/C20H14N2.Ir/c1-3-9-15(10-4-1)19-20(16-11-5-2-6-12-16)22-18-14-8-7-13-17(18)21-19;/h1-14H;. The summed E-state index contributed by atoms with van der Waals surface area (Å²) in [6.07, 6.45) is 0. The third kappa shape index (κ3) is 3.07. The molecule has 0 spiro atoms. The van der Waals surface area contributed by atoms with E-state index in [2.05, 4.69) is 24.3 Å². The van der Waals surface area contributed by atoms with Gasteiger partial charge in [0.2, 0.25) is 0 Å². The average molecular weight is 475 g/mol. The Bertz CT molecular complexity index is 844. The van der Waals surface area contributed by atoms with Crippen LogP contribution in [-0.2, 0) is 20.1 Å². The van der Waals surface area contributed by atoms with Gasteiger partial charge in [-0.3, -0.25) is 0 Å². The Balaban J connectivity index is 0.00000156. The van der Waals surface area contributed by atoms with Gasteiger partial charge in [0.15, 0.2) is 0 Å². The maximum Gasteiger partial charge on any atom is 0.0973 e. The summed E-state index contributed by atoms with van der Waals surface area (Å²) in [4.78, 5) is 9.72. The van der Waals surface area contributed by atoms with Crippen molar-refractivity contribution in [2.24, 2.45) is 0 Å². The maximum atomic E-state index is 4.86. The van der Waals surface area contributed by atoms with Crippen LogP contribution in [0.15, 0.2) is 84.9 Å². The van der Waals surface area contributed by atoms with Gasteiger partial charge in [-0.2, -0.15) is 0 Å². The Morgan fingerprint density at radius 2 is 0.783 bits per heavy atom. The van der Waals surface area contributed by atoms with Gasteiger partial charge in [0.1, 0.15) is 0 Å². The van der Waals surface area contributed by atoms with E-state index in [0.29, 0.717) is 0 Å². The Morgan fingerprint density at radius 1 is 0.435 bits per heavy atom. The van der Waals surface area contributed by atoms with E-state index < -0.39 is 0 Å². The minimum absolute atomic E-state index is 0. The molecule has 23 heavy (non-hydrogen) atoms. The number of hydrogen-bond donors (Lipinski definition) is 0. The SMILES string of the molecule is [Ir].c1ccc(-c2nc3ccccc3nc2-c2ccccc2)cc1. The maximum absolute atomic E-state index is 4.86. The van der Waals surface area contributed by atoms with E-state index in [4.69, 9.17) is 9.97 Å². The van der Waals surface area contributed by atoms with Crippen molar-refractivity contribution < 1.29 is 20.1 Å². The van der Waals surface area contributed by atoms with Crippen molar-refractivity contribution in [3.8, 4) is 22.5 Å². The van der Waals surface area contributed by atoms with Crippen molar-refractivity contribution in [2.45, 2.75) is 0 Å². The number of fused-ring (bicyclic) bond motifs is 1. The molecule has 4 aromatic rings. The van der Waals surface area contributed by atoms with Crippen LogP contribution in [0.4, 0.5) is 0 Å². The predicted octanol–water partition coefficient (Wildman–Crippen LogP) is 4.96. The van der Waals surface area contributed by atoms with E-state index in [1.807, 2.05) is 60.7 Å². The molecule has 0 unspecified atom stereocenters. The van der Waals surface area contributed by atoms with Crippen LogP contribution < -0.4 is 0 Å². The molecule has 3 heteroatoms. The number of rotatable bonds is 2. The third-order valence-electron chi connectivity index (χ3n) is 3.66. The summed E-state index contributed by atoms with van der Waals surface area (Å²) < 4.78 is 0. The molecule has 113 valence electrons. The van der Waals surface area contributed by atoms with Crippen molar-refractivity contribution in [3.63, 3.8) is 0 Å².